The molecule has 15 heavy (non-hydrogen) atoms. The minimum atomic E-state index is -0.554. The van der Waals surface area contributed by atoms with Crippen molar-refractivity contribution in [1.82, 2.24) is 0 Å². The minimum absolute atomic E-state index is 0.125. The van der Waals surface area contributed by atoms with Gasteiger partial charge in [0.2, 0.25) is 0 Å². The molecule has 0 amide bonds. The summed E-state index contributed by atoms with van der Waals surface area (Å²) in [6.07, 6.45) is 0. The molecular formula is C11H11FO3. The van der Waals surface area contributed by atoms with E-state index in [0.29, 0.717) is 0 Å². The lowest BCUT2D eigenvalue weighted by molar-refractivity contribution is 0.0600. The monoisotopic (exact) mass is 210 g/mol. The first-order chi connectivity index (χ1) is 7.10. The number of ether oxygens (including phenoxy) is 1. The Morgan fingerprint density at radius 3 is 2.80 bits per heavy atom. The lowest BCUT2D eigenvalue weighted by Crippen LogP contribution is -2.03. The van der Waals surface area contributed by atoms with Gasteiger partial charge in [0.25, 0.3) is 0 Å². The fourth-order valence-corrected chi connectivity index (χ4v) is 1.13. The van der Waals surface area contributed by atoms with E-state index in [4.69, 9.17) is 5.11 Å². The molecule has 1 aromatic carbocycles. The van der Waals surface area contributed by atoms with Gasteiger partial charge in [-0.25, -0.2) is 9.18 Å². The number of hydrogen-bond acceptors (Lipinski definition) is 3. The van der Waals surface area contributed by atoms with Crippen molar-refractivity contribution in [1.29, 1.82) is 0 Å². The minimum Gasteiger partial charge on any atom is -0.465 e. The highest BCUT2D eigenvalue weighted by molar-refractivity contribution is 5.90. The molecule has 0 bridgehead atoms. The van der Waals surface area contributed by atoms with Crippen molar-refractivity contribution in [3.63, 3.8) is 0 Å². The van der Waals surface area contributed by atoms with E-state index in [1.165, 1.54) is 19.2 Å². The van der Waals surface area contributed by atoms with Crippen LogP contribution < -0.4 is 0 Å². The maximum atomic E-state index is 13.3. The van der Waals surface area contributed by atoms with Crippen LogP contribution in [-0.2, 0) is 4.74 Å². The van der Waals surface area contributed by atoms with E-state index >= 15 is 0 Å². The molecule has 0 fully saturated rings. The van der Waals surface area contributed by atoms with Gasteiger partial charge >= 0.3 is 5.97 Å². The molecule has 0 radical (unpaired) electrons. The first kappa shape index (κ1) is 11.4. The van der Waals surface area contributed by atoms with Crippen molar-refractivity contribution in [3.8, 4) is 0 Å². The first-order valence-corrected chi connectivity index (χ1v) is 4.27. The third kappa shape index (κ3) is 2.41. The molecule has 0 aliphatic rings. The van der Waals surface area contributed by atoms with Gasteiger partial charge in [-0.2, -0.15) is 0 Å². The summed E-state index contributed by atoms with van der Waals surface area (Å²) < 4.78 is 17.7. The van der Waals surface area contributed by atoms with Crippen LogP contribution in [0, 0.1) is 5.82 Å². The standard InChI is InChI=1S/C11H11FO3/c1-7(6-13)9-5-8(11(14)15-2)3-4-10(9)12/h3-5,13H,1,6H2,2H3. The molecule has 1 aromatic rings. The molecule has 80 valence electrons. The molecule has 3 nitrogen and oxygen atoms in total. The second-order valence-electron chi connectivity index (χ2n) is 2.95. The molecule has 0 aliphatic carbocycles. The summed E-state index contributed by atoms with van der Waals surface area (Å²) in [5.74, 6) is -1.08. The molecule has 0 aliphatic heterocycles. The van der Waals surface area contributed by atoms with Crippen molar-refractivity contribution >= 4 is 11.5 Å². The quantitative estimate of drug-likeness (QED) is 0.771. The number of methoxy groups -OCH3 is 1. The van der Waals surface area contributed by atoms with E-state index in [0.717, 1.165) is 6.07 Å². The van der Waals surface area contributed by atoms with E-state index < -0.39 is 11.8 Å². The Labute approximate surface area is 86.8 Å². The van der Waals surface area contributed by atoms with Crippen LogP contribution in [0.15, 0.2) is 24.8 Å². The molecule has 0 saturated carbocycles. The van der Waals surface area contributed by atoms with E-state index in [-0.39, 0.29) is 23.3 Å². The number of halogens is 1. The summed E-state index contributed by atoms with van der Waals surface area (Å²) in [6.45, 7) is 3.13. The molecule has 1 rings (SSSR count). The molecule has 0 unspecified atom stereocenters. The van der Waals surface area contributed by atoms with Gasteiger partial charge in [0.1, 0.15) is 5.82 Å². The van der Waals surface area contributed by atoms with Gasteiger partial charge < -0.3 is 9.84 Å². The Balaban J connectivity index is 3.16. The molecule has 0 aromatic heterocycles. The number of rotatable bonds is 3. The van der Waals surface area contributed by atoms with Crippen LogP contribution in [0.2, 0.25) is 0 Å². The van der Waals surface area contributed by atoms with Gasteiger partial charge in [-0.1, -0.05) is 6.58 Å². The van der Waals surface area contributed by atoms with E-state index in [1.807, 2.05) is 0 Å². The Kier molecular flexibility index (Phi) is 3.57. The SMILES string of the molecule is C=C(CO)c1cc(C(=O)OC)ccc1F. The second-order valence-corrected chi connectivity index (χ2v) is 2.95. The zero-order valence-electron chi connectivity index (χ0n) is 8.29. The average molecular weight is 210 g/mol. The van der Waals surface area contributed by atoms with E-state index in [2.05, 4.69) is 11.3 Å². The third-order valence-corrected chi connectivity index (χ3v) is 1.96. The second kappa shape index (κ2) is 4.70. The van der Waals surface area contributed by atoms with Crippen molar-refractivity contribution in [2.24, 2.45) is 0 Å². The van der Waals surface area contributed by atoms with Crippen LogP contribution in [0.5, 0.6) is 0 Å². The van der Waals surface area contributed by atoms with Gasteiger partial charge in [0.05, 0.1) is 19.3 Å². The predicted molar refractivity (Wildman–Crippen MR) is 53.9 cm³/mol. The molecule has 0 heterocycles. The molecule has 0 atom stereocenters. The molecule has 1 N–H and O–H groups in total. The summed E-state index contributed by atoms with van der Waals surface area (Å²) in [7, 11) is 1.24. The summed E-state index contributed by atoms with van der Waals surface area (Å²) in [5, 5.41) is 8.82. The first-order valence-electron chi connectivity index (χ1n) is 4.27. The lowest BCUT2D eigenvalue weighted by atomic mass is 10.0. The highest BCUT2D eigenvalue weighted by Crippen LogP contribution is 2.18. The smallest absolute Gasteiger partial charge is 0.337 e. The number of aliphatic hydroxyl groups excluding tert-OH is 1. The summed E-state index contributed by atoms with van der Waals surface area (Å²) in [4.78, 5) is 11.2. The summed E-state index contributed by atoms with van der Waals surface area (Å²) >= 11 is 0. The van der Waals surface area contributed by atoms with Crippen LogP contribution in [0.3, 0.4) is 0 Å². The summed E-state index contributed by atoms with van der Waals surface area (Å²) in [6, 6.07) is 3.76. The largest absolute Gasteiger partial charge is 0.465 e. The van der Waals surface area contributed by atoms with Gasteiger partial charge in [-0.05, 0) is 23.8 Å². The normalized spacial score (nSPS) is 9.80. The Morgan fingerprint density at radius 1 is 1.60 bits per heavy atom. The Morgan fingerprint density at radius 2 is 2.27 bits per heavy atom. The topological polar surface area (TPSA) is 46.5 Å². The van der Waals surface area contributed by atoms with Crippen molar-refractivity contribution in [3.05, 3.63) is 41.7 Å². The van der Waals surface area contributed by atoms with Crippen LogP contribution in [0.4, 0.5) is 4.39 Å². The van der Waals surface area contributed by atoms with Crippen LogP contribution in [0.25, 0.3) is 5.57 Å². The number of aliphatic hydroxyl groups is 1. The Hall–Kier alpha value is -1.68. The van der Waals surface area contributed by atoms with Crippen LogP contribution in [0.1, 0.15) is 15.9 Å². The third-order valence-electron chi connectivity index (χ3n) is 1.96. The maximum Gasteiger partial charge on any atom is 0.337 e. The molecular weight excluding hydrogens is 199 g/mol. The molecule has 0 spiro atoms. The van der Waals surface area contributed by atoms with Crippen molar-refractivity contribution < 1.29 is 19.0 Å². The van der Waals surface area contributed by atoms with E-state index in [1.54, 1.807) is 0 Å². The van der Waals surface area contributed by atoms with Crippen molar-refractivity contribution in [2.45, 2.75) is 0 Å². The highest BCUT2D eigenvalue weighted by atomic mass is 19.1. The van der Waals surface area contributed by atoms with Gasteiger partial charge in [-0.3, -0.25) is 0 Å². The Bertz CT molecular complexity index is 399. The van der Waals surface area contributed by atoms with Gasteiger partial charge in [-0.15, -0.1) is 0 Å². The number of esters is 1. The molecule has 0 saturated heterocycles. The number of carbonyl (C=O) groups excluding carboxylic acids is 1. The summed E-state index contributed by atoms with van der Waals surface area (Å²) in [5.41, 5.74) is 0.571. The van der Waals surface area contributed by atoms with Gasteiger partial charge in [0.15, 0.2) is 0 Å². The maximum absolute atomic E-state index is 13.3. The number of hydrogen-bond donors (Lipinski definition) is 1. The van der Waals surface area contributed by atoms with Crippen molar-refractivity contribution in [2.75, 3.05) is 13.7 Å². The van der Waals surface area contributed by atoms with E-state index in [9.17, 15) is 9.18 Å². The highest BCUT2D eigenvalue weighted by Gasteiger charge is 2.11. The zero-order valence-corrected chi connectivity index (χ0v) is 8.29. The zero-order chi connectivity index (χ0) is 11.4. The molecule has 4 heteroatoms. The fourth-order valence-electron chi connectivity index (χ4n) is 1.13. The fraction of sp³-hybridized carbons (Fsp3) is 0.182. The lowest BCUT2D eigenvalue weighted by Gasteiger charge is -2.06. The van der Waals surface area contributed by atoms with Crippen LogP contribution >= 0.6 is 0 Å². The van der Waals surface area contributed by atoms with Crippen LogP contribution in [-0.4, -0.2) is 24.8 Å². The van der Waals surface area contributed by atoms with Gasteiger partial charge in [0, 0.05) is 5.56 Å². The number of benzene rings is 1. The average Bonchev–Trinajstić information content (AvgIpc) is 2.27. The number of carbonyl (C=O) groups is 1. The predicted octanol–water partition coefficient (Wildman–Crippen LogP) is 1.62.